The Hall–Kier alpha value is 0.1000. The van der Waals surface area contributed by atoms with Crippen LogP contribution in [0.1, 0.15) is 24.3 Å². The molecule has 0 aliphatic carbocycles. The van der Waals surface area contributed by atoms with Gasteiger partial charge in [0.25, 0.3) is 0 Å². The first kappa shape index (κ1) is 13.2. The highest BCUT2D eigenvalue weighted by Gasteiger charge is 2.04. The summed E-state index contributed by atoms with van der Waals surface area (Å²) in [5.41, 5.74) is 1.31. The van der Waals surface area contributed by atoms with Crippen molar-refractivity contribution in [3.05, 3.63) is 20.3 Å². The smallest absolute Gasteiger partial charge is 0.0730 e. The zero-order chi connectivity index (χ0) is 11.3. The van der Waals surface area contributed by atoms with Crippen LogP contribution in [0.2, 0.25) is 0 Å². The number of halogens is 1. The van der Waals surface area contributed by atoms with Gasteiger partial charge in [-0.05, 0) is 48.3 Å². The second-order valence-electron chi connectivity index (χ2n) is 3.57. The molecule has 0 radical (unpaired) electrons. The highest BCUT2D eigenvalue weighted by molar-refractivity contribution is 9.11. The summed E-state index contributed by atoms with van der Waals surface area (Å²) in [4.78, 5) is 1.36. The molecule has 0 aromatic carbocycles. The molecule has 4 heteroatoms. The summed E-state index contributed by atoms with van der Waals surface area (Å²) in [6.45, 7) is 8.85. The van der Waals surface area contributed by atoms with E-state index >= 15 is 0 Å². The first-order chi connectivity index (χ1) is 7.13. The third-order valence-corrected chi connectivity index (χ3v) is 4.23. The molecule has 0 bridgehead atoms. The number of nitrogens with one attached hydrogen (secondary N) is 1. The quantitative estimate of drug-likeness (QED) is 0.868. The van der Waals surface area contributed by atoms with E-state index in [1.165, 1.54) is 14.2 Å². The fraction of sp³-hybridized carbons (Fsp3) is 0.636. The van der Waals surface area contributed by atoms with Crippen molar-refractivity contribution in [2.75, 3.05) is 13.2 Å². The van der Waals surface area contributed by atoms with E-state index in [1.807, 2.05) is 6.92 Å². The van der Waals surface area contributed by atoms with Crippen molar-refractivity contribution in [1.82, 2.24) is 5.32 Å². The Labute approximate surface area is 104 Å². The first-order valence-electron chi connectivity index (χ1n) is 5.20. The van der Waals surface area contributed by atoms with Gasteiger partial charge in [-0.2, -0.15) is 0 Å². The summed E-state index contributed by atoms with van der Waals surface area (Å²) in [5, 5.41) is 3.39. The summed E-state index contributed by atoms with van der Waals surface area (Å²) in [7, 11) is 0. The zero-order valence-corrected chi connectivity index (χ0v) is 11.9. The minimum atomic E-state index is 0.291. The molecule has 0 aliphatic rings. The predicted molar refractivity (Wildman–Crippen MR) is 69.6 cm³/mol. The van der Waals surface area contributed by atoms with Gasteiger partial charge in [-0.25, -0.2) is 0 Å². The molecule has 1 rings (SSSR count). The molecule has 1 aromatic rings. The van der Waals surface area contributed by atoms with E-state index < -0.39 is 0 Å². The molecular weight excluding hydrogens is 274 g/mol. The van der Waals surface area contributed by atoms with E-state index in [4.69, 9.17) is 4.74 Å². The average Bonchev–Trinajstić information content (AvgIpc) is 2.46. The van der Waals surface area contributed by atoms with Crippen LogP contribution in [-0.2, 0) is 11.3 Å². The van der Waals surface area contributed by atoms with Gasteiger partial charge in [0.2, 0.25) is 0 Å². The van der Waals surface area contributed by atoms with Crippen molar-refractivity contribution in [3.63, 3.8) is 0 Å². The topological polar surface area (TPSA) is 21.3 Å². The lowest BCUT2D eigenvalue weighted by atomic mass is 10.3. The molecule has 0 saturated carbocycles. The van der Waals surface area contributed by atoms with Crippen molar-refractivity contribution >= 4 is 27.3 Å². The third-order valence-electron chi connectivity index (χ3n) is 2.09. The van der Waals surface area contributed by atoms with Crippen LogP contribution < -0.4 is 5.32 Å². The van der Waals surface area contributed by atoms with E-state index in [0.29, 0.717) is 6.10 Å². The van der Waals surface area contributed by atoms with Crippen molar-refractivity contribution in [1.29, 1.82) is 0 Å². The molecule has 1 atom stereocenters. The first-order valence-corrected chi connectivity index (χ1v) is 6.81. The fourth-order valence-electron chi connectivity index (χ4n) is 1.35. The Morgan fingerprint density at radius 2 is 2.33 bits per heavy atom. The van der Waals surface area contributed by atoms with E-state index in [1.54, 1.807) is 11.3 Å². The van der Waals surface area contributed by atoms with Gasteiger partial charge in [0.05, 0.1) is 9.89 Å². The maximum Gasteiger partial charge on any atom is 0.0730 e. The average molecular weight is 292 g/mol. The molecule has 2 nitrogen and oxygen atoms in total. The van der Waals surface area contributed by atoms with Crippen LogP contribution in [0, 0.1) is 6.92 Å². The minimum absolute atomic E-state index is 0.291. The van der Waals surface area contributed by atoms with Gasteiger partial charge in [-0.15, -0.1) is 11.3 Å². The predicted octanol–water partition coefficient (Wildman–Crippen LogP) is 3.33. The van der Waals surface area contributed by atoms with Gasteiger partial charge in [0, 0.05) is 24.6 Å². The molecule has 0 fully saturated rings. The molecule has 86 valence electrons. The second-order valence-corrected chi connectivity index (χ2v) is 6.02. The van der Waals surface area contributed by atoms with Crippen LogP contribution in [0.4, 0.5) is 0 Å². The van der Waals surface area contributed by atoms with E-state index in [0.717, 1.165) is 19.7 Å². The Morgan fingerprint density at radius 1 is 1.60 bits per heavy atom. The Bertz CT molecular complexity index is 281. The SMILES string of the molecule is CCOC(C)CNCc1cc(C)c(Br)s1. The third kappa shape index (κ3) is 4.64. The van der Waals surface area contributed by atoms with Gasteiger partial charge in [0.1, 0.15) is 0 Å². The van der Waals surface area contributed by atoms with Crippen molar-refractivity contribution in [2.24, 2.45) is 0 Å². The van der Waals surface area contributed by atoms with Crippen LogP contribution in [0.25, 0.3) is 0 Å². The fourth-order valence-corrected chi connectivity index (χ4v) is 2.95. The highest BCUT2D eigenvalue weighted by atomic mass is 79.9. The van der Waals surface area contributed by atoms with Gasteiger partial charge >= 0.3 is 0 Å². The van der Waals surface area contributed by atoms with Gasteiger partial charge in [-0.3, -0.25) is 0 Å². The Morgan fingerprint density at radius 3 is 2.87 bits per heavy atom. The van der Waals surface area contributed by atoms with Gasteiger partial charge in [0.15, 0.2) is 0 Å². The van der Waals surface area contributed by atoms with Gasteiger partial charge in [-0.1, -0.05) is 0 Å². The Balaban J connectivity index is 2.25. The molecule has 1 aromatic heterocycles. The number of aryl methyl sites for hydroxylation is 1. The van der Waals surface area contributed by atoms with Crippen LogP contribution >= 0.6 is 27.3 Å². The Kier molecular flexibility index (Phi) is 5.82. The number of ether oxygens (including phenoxy) is 1. The lowest BCUT2D eigenvalue weighted by molar-refractivity contribution is 0.0760. The largest absolute Gasteiger partial charge is 0.377 e. The maximum absolute atomic E-state index is 5.44. The monoisotopic (exact) mass is 291 g/mol. The molecular formula is C11H18BrNOS. The highest BCUT2D eigenvalue weighted by Crippen LogP contribution is 2.26. The summed E-state index contributed by atoms with van der Waals surface area (Å²) in [6.07, 6.45) is 0.291. The van der Waals surface area contributed by atoms with E-state index in [2.05, 4.69) is 41.2 Å². The standard InChI is InChI=1S/C11H18BrNOS/c1-4-14-9(3)6-13-7-10-5-8(2)11(12)15-10/h5,9,13H,4,6-7H2,1-3H3. The lowest BCUT2D eigenvalue weighted by Crippen LogP contribution is -2.26. The van der Waals surface area contributed by atoms with Crippen LogP contribution in [0.5, 0.6) is 0 Å². The number of hydrogen-bond donors (Lipinski definition) is 1. The second kappa shape index (κ2) is 6.63. The van der Waals surface area contributed by atoms with Crippen molar-refractivity contribution in [2.45, 2.75) is 33.4 Å². The molecule has 0 amide bonds. The molecule has 0 spiro atoms. The van der Waals surface area contributed by atoms with Crippen LogP contribution in [0.3, 0.4) is 0 Å². The van der Waals surface area contributed by atoms with Crippen LogP contribution in [-0.4, -0.2) is 19.3 Å². The number of rotatable bonds is 6. The molecule has 0 saturated heterocycles. The zero-order valence-electron chi connectivity index (χ0n) is 9.47. The number of hydrogen-bond acceptors (Lipinski definition) is 3. The van der Waals surface area contributed by atoms with Gasteiger partial charge < -0.3 is 10.1 Å². The molecule has 15 heavy (non-hydrogen) atoms. The van der Waals surface area contributed by atoms with E-state index in [-0.39, 0.29) is 0 Å². The van der Waals surface area contributed by atoms with Crippen molar-refractivity contribution < 1.29 is 4.74 Å². The summed E-state index contributed by atoms with van der Waals surface area (Å²) >= 11 is 5.32. The molecule has 1 N–H and O–H groups in total. The number of thiophene rings is 1. The summed E-state index contributed by atoms with van der Waals surface area (Å²) in [5.74, 6) is 0. The molecule has 0 aliphatic heterocycles. The van der Waals surface area contributed by atoms with Crippen molar-refractivity contribution in [3.8, 4) is 0 Å². The maximum atomic E-state index is 5.44. The normalized spacial score (nSPS) is 13.1. The molecule has 1 heterocycles. The minimum Gasteiger partial charge on any atom is -0.377 e. The summed E-state index contributed by atoms with van der Waals surface area (Å²) < 4.78 is 6.67. The molecule has 1 unspecified atom stereocenters. The summed E-state index contributed by atoms with van der Waals surface area (Å²) in [6, 6.07) is 2.22. The lowest BCUT2D eigenvalue weighted by Gasteiger charge is -2.11. The van der Waals surface area contributed by atoms with E-state index in [9.17, 15) is 0 Å². The van der Waals surface area contributed by atoms with Crippen LogP contribution in [0.15, 0.2) is 9.85 Å².